The predicted molar refractivity (Wildman–Crippen MR) is 128 cm³/mol. The molecule has 35 heavy (non-hydrogen) atoms. The largest absolute Gasteiger partial charge is 0.354 e. The van der Waals surface area contributed by atoms with Crippen LogP contribution in [0.5, 0.6) is 0 Å². The van der Waals surface area contributed by atoms with Gasteiger partial charge in [-0.25, -0.2) is 4.39 Å². The Hall–Kier alpha value is -2.77. The zero-order chi connectivity index (χ0) is 24.3. The van der Waals surface area contributed by atoms with Gasteiger partial charge in [-0.15, -0.1) is 0 Å². The molecule has 4 saturated carbocycles. The van der Waals surface area contributed by atoms with Crippen molar-refractivity contribution in [2.45, 2.75) is 70.6 Å². The van der Waals surface area contributed by atoms with Crippen molar-refractivity contribution < 1.29 is 18.8 Å². The van der Waals surface area contributed by atoms with Crippen molar-refractivity contribution in [2.24, 2.45) is 23.2 Å². The lowest BCUT2D eigenvalue weighted by atomic mass is 9.49. The second-order valence-corrected chi connectivity index (χ2v) is 11.6. The number of fused-ring (bicyclic) bond motifs is 1. The summed E-state index contributed by atoms with van der Waals surface area (Å²) in [5.41, 5.74) is 1.16. The third-order valence-corrected chi connectivity index (χ3v) is 8.95. The highest BCUT2D eigenvalue weighted by atomic mass is 19.1. The van der Waals surface area contributed by atoms with Crippen LogP contribution in [0.2, 0.25) is 0 Å². The SMILES string of the molecule is CC(=O)c1nn(CC(=O)N2C[C@H](F)C[C@H]2C(=O)NCC23CC4CC(CC(C4)C2)C3)c2ccccc12. The standard InChI is InChI=1S/C27H33FN4O3/c1-16(33)25-21-4-2-3-5-22(21)32(30-25)14-24(34)31-13-20(28)9-23(31)26(35)29-15-27-10-17-6-18(11-27)8-19(7-17)12-27/h2-5,17-20,23H,6-15H2,1H3,(H,29,35)/t17?,18?,19?,20-,23+,27?/m1/s1. The van der Waals surface area contributed by atoms with Crippen molar-refractivity contribution >= 4 is 28.5 Å². The summed E-state index contributed by atoms with van der Waals surface area (Å²) < 4.78 is 15.9. The molecule has 2 atom stereocenters. The molecule has 0 spiro atoms. The van der Waals surface area contributed by atoms with Gasteiger partial charge in [-0.3, -0.25) is 19.1 Å². The highest BCUT2D eigenvalue weighted by Gasteiger charge is 2.51. The molecule has 1 saturated heterocycles. The topological polar surface area (TPSA) is 84.3 Å². The summed E-state index contributed by atoms with van der Waals surface area (Å²) in [6.07, 6.45) is 6.38. The molecule has 7 rings (SSSR count). The monoisotopic (exact) mass is 480 g/mol. The van der Waals surface area contributed by atoms with E-state index in [9.17, 15) is 18.8 Å². The number of carbonyl (C=O) groups excluding carboxylic acids is 3. The molecule has 1 aromatic heterocycles. The Balaban J connectivity index is 1.15. The van der Waals surface area contributed by atoms with Crippen LogP contribution in [0, 0.1) is 23.2 Å². The molecular formula is C27H33FN4O3. The molecule has 1 aromatic carbocycles. The summed E-state index contributed by atoms with van der Waals surface area (Å²) in [7, 11) is 0. The fourth-order valence-corrected chi connectivity index (χ4v) is 7.93. The van der Waals surface area contributed by atoms with Crippen LogP contribution in [0.15, 0.2) is 24.3 Å². The van der Waals surface area contributed by atoms with E-state index >= 15 is 0 Å². The van der Waals surface area contributed by atoms with Crippen LogP contribution in [0.25, 0.3) is 10.9 Å². The molecule has 2 heterocycles. The van der Waals surface area contributed by atoms with Crippen LogP contribution < -0.4 is 5.32 Å². The fraction of sp³-hybridized carbons (Fsp3) is 0.630. The number of alkyl halides is 1. The predicted octanol–water partition coefficient (Wildman–Crippen LogP) is 3.51. The first-order chi connectivity index (χ1) is 16.8. The molecule has 4 bridgehead atoms. The van der Waals surface area contributed by atoms with Crippen LogP contribution >= 0.6 is 0 Å². The van der Waals surface area contributed by atoms with Gasteiger partial charge in [0.1, 0.15) is 24.5 Å². The number of halogens is 1. The molecule has 5 fully saturated rings. The van der Waals surface area contributed by atoms with Crippen molar-refractivity contribution in [3.05, 3.63) is 30.0 Å². The molecule has 7 nitrogen and oxygen atoms in total. The Morgan fingerprint density at radius 2 is 1.71 bits per heavy atom. The number of benzene rings is 1. The maximum Gasteiger partial charge on any atom is 0.245 e. The molecule has 2 aromatic rings. The summed E-state index contributed by atoms with van der Waals surface area (Å²) in [4.78, 5) is 39.9. The number of para-hydroxylation sites is 1. The van der Waals surface area contributed by atoms with Gasteiger partial charge in [0.15, 0.2) is 5.78 Å². The van der Waals surface area contributed by atoms with E-state index in [1.54, 1.807) is 12.1 Å². The lowest BCUT2D eigenvalue weighted by Gasteiger charge is -2.57. The maximum absolute atomic E-state index is 14.5. The third kappa shape index (κ3) is 4.04. The van der Waals surface area contributed by atoms with Crippen molar-refractivity contribution in [3.8, 4) is 0 Å². The Morgan fingerprint density at radius 1 is 1.06 bits per heavy atom. The molecule has 4 aliphatic carbocycles. The van der Waals surface area contributed by atoms with Gasteiger partial charge in [0.2, 0.25) is 11.8 Å². The molecule has 5 aliphatic rings. The van der Waals surface area contributed by atoms with E-state index in [0.717, 1.165) is 17.8 Å². The van der Waals surface area contributed by atoms with E-state index in [1.807, 2.05) is 12.1 Å². The van der Waals surface area contributed by atoms with Gasteiger partial charge >= 0.3 is 0 Å². The van der Waals surface area contributed by atoms with Crippen LogP contribution in [-0.2, 0) is 16.1 Å². The number of hydrogen-bond donors (Lipinski definition) is 1. The minimum atomic E-state index is -1.23. The quantitative estimate of drug-likeness (QED) is 0.642. The van der Waals surface area contributed by atoms with Gasteiger partial charge in [-0.2, -0.15) is 5.10 Å². The summed E-state index contributed by atoms with van der Waals surface area (Å²) in [6.45, 7) is 1.85. The van der Waals surface area contributed by atoms with Gasteiger partial charge in [0.05, 0.1) is 12.1 Å². The van der Waals surface area contributed by atoms with Crippen LogP contribution in [0.3, 0.4) is 0 Å². The first-order valence-electron chi connectivity index (χ1n) is 13.0. The van der Waals surface area contributed by atoms with E-state index in [0.29, 0.717) is 23.1 Å². The number of nitrogens with one attached hydrogen (secondary N) is 1. The van der Waals surface area contributed by atoms with Gasteiger partial charge in [-0.1, -0.05) is 18.2 Å². The average molecular weight is 481 g/mol. The number of carbonyl (C=O) groups is 3. The van der Waals surface area contributed by atoms with Crippen LogP contribution in [0.1, 0.15) is 62.4 Å². The maximum atomic E-state index is 14.5. The average Bonchev–Trinajstić information content (AvgIpc) is 3.38. The second-order valence-electron chi connectivity index (χ2n) is 11.6. The summed E-state index contributed by atoms with van der Waals surface area (Å²) in [5.74, 6) is 1.59. The first-order valence-corrected chi connectivity index (χ1v) is 13.0. The number of nitrogens with zero attached hydrogens (tertiary/aromatic N) is 3. The number of ketones is 1. The molecular weight excluding hydrogens is 447 g/mol. The normalized spacial score (nSPS) is 33.4. The zero-order valence-electron chi connectivity index (χ0n) is 20.2. The summed E-state index contributed by atoms with van der Waals surface area (Å²) in [6, 6.07) is 6.44. The molecule has 1 aliphatic heterocycles. The Bertz CT molecular complexity index is 1160. The molecule has 1 N–H and O–H groups in total. The third-order valence-electron chi connectivity index (χ3n) is 8.95. The Labute approximate surface area is 204 Å². The number of amides is 2. The van der Waals surface area contributed by atoms with Crippen molar-refractivity contribution in [2.75, 3.05) is 13.1 Å². The number of aromatic nitrogens is 2. The number of hydrogen-bond acceptors (Lipinski definition) is 4. The van der Waals surface area contributed by atoms with Gasteiger partial charge in [0.25, 0.3) is 0 Å². The van der Waals surface area contributed by atoms with E-state index < -0.39 is 12.2 Å². The zero-order valence-corrected chi connectivity index (χ0v) is 20.2. The Morgan fingerprint density at radius 3 is 2.37 bits per heavy atom. The number of rotatable bonds is 6. The highest BCUT2D eigenvalue weighted by Crippen LogP contribution is 2.59. The van der Waals surface area contributed by atoms with E-state index in [4.69, 9.17) is 0 Å². The smallest absolute Gasteiger partial charge is 0.245 e. The van der Waals surface area contributed by atoms with Crippen LogP contribution in [0.4, 0.5) is 4.39 Å². The van der Waals surface area contributed by atoms with Gasteiger partial charge in [-0.05, 0) is 67.8 Å². The highest BCUT2D eigenvalue weighted by molar-refractivity contribution is 6.05. The van der Waals surface area contributed by atoms with Crippen molar-refractivity contribution in [1.29, 1.82) is 0 Å². The summed E-state index contributed by atoms with van der Waals surface area (Å²) >= 11 is 0. The number of likely N-dealkylation sites (tertiary alicyclic amines) is 1. The summed E-state index contributed by atoms with van der Waals surface area (Å²) in [5, 5.41) is 8.17. The fourth-order valence-electron chi connectivity index (χ4n) is 7.93. The van der Waals surface area contributed by atoms with Gasteiger partial charge in [0, 0.05) is 25.3 Å². The van der Waals surface area contributed by atoms with Crippen LogP contribution in [-0.4, -0.2) is 57.6 Å². The molecule has 0 unspecified atom stereocenters. The van der Waals surface area contributed by atoms with Crippen molar-refractivity contribution in [1.82, 2.24) is 20.0 Å². The van der Waals surface area contributed by atoms with E-state index in [1.165, 1.54) is 55.0 Å². The van der Waals surface area contributed by atoms with Crippen molar-refractivity contribution in [3.63, 3.8) is 0 Å². The van der Waals surface area contributed by atoms with E-state index in [2.05, 4.69) is 10.4 Å². The van der Waals surface area contributed by atoms with Gasteiger partial charge < -0.3 is 10.2 Å². The minimum absolute atomic E-state index is 0.0248. The van der Waals surface area contributed by atoms with E-state index in [-0.39, 0.29) is 42.5 Å². The lowest BCUT2D eigenvalue weighted by Crippen LogP contribution is -2.54. The second kappa shape index (κ2) is 8.42. The molecule has 2 amide bonds. The molecule has 8 heteroatoms. The molecule has 186 valence electrons. The lowest BCUT2D eigenvalue weighted by molar-refractivity contribution is -0.139. The Kier molecular flexibility index (Phi) is 5.45. The number of Topliss-reactive ketones (excluding diaryl/α,β-unsaturated/α-hetero) is 1. The molecule has 0 radical (unpaired) electrons. The minimum Gasteiger partial charge on any atom is -0.354 e. The first kappa shape index (κ1) is 22.7.